The second-order valence-corrected chi connectivity index (χ2v) is 5.44. The highest BCUT2D eigenvalue weighted by Crippen LogP contribution is 2.29. The SMILES string of the molecule is Cc1ccc(C(C)(Nc2ccc(F)cc2)C(N)=O)c(C)c1. The molecule has 1 atom stereocenters. The number of aryl methyl sites for hydroxylation is 2. The van der Waals surface area contributed by atoms with Crippen LogP contribution in [-0.4, -0.2) is 5.91 Å². The minimum atomic E-state index is -1.06. The third-order valence-corrected chi connectivity index (χ3v) is 3.65. The maximum absolute atomic E-state index is 13.0. The minimum absolute atomic E-state index is 0.326. The Morgan fingerprint density at radius 1 is 1.14 bits per heavy atom. The molecule has 110 valence electrons. The first-order valence-corrected chi connectivity index (χ1v) is 6.74. The number of rotatable bonds is 4. The summed E-state index contributed by atoms with van der Waals surface area (Å²) < 4.78 is 13.0. The van der Waals surface area contributed by atoms with Crippen LogP contribution < -0.4 is 11.1 Å². The molecule has 0 spiro atoms. The molecule has 1 unspecified atom stereocenters. The Hall–Kier alpha value is -2.36. The van der Waals surface area contributed by atoms with E-state index in [0.29, 0.717) is 5.69 Å². The van der Waals surface area contributed by atoms with Gasteiger partial charge >= 0.3 is 0 Å². The number of hydrogen-bond donors (Lipinski definition) is 2. The number of benzene rings is 2. The summed E-state index contributed by atoms with van der Waals surface area (Å²) in [4.78, 5) is 12.0. The molecule has 21 heavy (non-hydrogen) atoms. The zero-order valence-electron chi connectivity index (χ0n) is 12.4. The highest BCUT2D eigenvalue weighted by Gasteiger charge is 2.34. The lowest BCUT2D eigenvalue weighted by molar-refractivity contribution is -0.122. The lowest BCUT2D eigenvalue weighted by Crippen LogP contribution is -2.45. The predicted molar refractivity (Wildman–Crippen MR) is 82.5 cm³/mol. The molecule has 0 fully saturated rings. The van der Waals surface area contributed by atoms with Gasteiger partial charge in [0.1, 0.15) is 11.4 Å². The normalized spacial score (nSPS) is 13.5. The summed E-state index contributed by atoms with van der Waals surface area (Å²) in [6.07, 6.45) is 0. The first kappa shape index (κ1) is 15.0. The zero-order chi connectivity index (χ0) is 15.6. The number of anilines is 1. The van der Waals surface area contributed by atoms with Crippen molar-refractivity contribution < 1.29 is 9.18 Å². The molecular weight excluding hydrogens is 267 g/mol. The molecule has 0 aliphatic heterocycles. The van der Waals surface area contributed by atoms with Crippen LogP contribution in [0.15, 0.2) is 42.5 Å². The van der Waals surface area contributed by atoms with Crippen molar-refractivity contribution in [2.45, 2.75) is 26.3 Å². The highest BCUT2D eigenvalue weighted by molar-refractivity contribution is 5.89. The summed E-state index contributed by atoms with van der Waals surface area (Å²) in [5, 5.41) is 3.12. The maximum Gasteiger partial charge on any atom is 0.247 e. The van der Waals surface area contributed by atoms with Gasteiger partial charge in [-0.3, -0.25) is 4.79 Å². The number of hydrogen-bond acceptors (Lipinski definition) is 2. The summed E-state index contributed by atoms with van der Waals surface area (Å²) in [5.41, 5.74) is 8.09. The number of halogens is 1. The summed E-state index contributed by atoms with van der Waals surface area (Å²) in [5.74, 6) is -0.813. The monoisotopic (exact) mass is 286 g/mol. The third kappa shape index (κ3) is 3.05. The van der Waals surface area contributed by atoms with Crippen LogP contribution in [0.25, 0.3) is 0 Å². The van der Waals surface area contributed by atoms with Gasteiger partial charge in [0.2, 0.25) is 5.91 Å². The Labute approximate surface area is 124 Å². The van der Waals surface area contributed by atoms with Crippen LogP contribution in [0.4, 0.5) is 10.1 Å². The molecule has 0 saturated carbocycles. The average Bonchev–Trinajstić information content (AvgIpc) is 2.41. The molecule has 0 radical (unpaired) electrons. The molecule has 0 saturated heterocycles. The van der Waals surface area contributed by atoms with E-state index >= 15 is 0 Å². The molecule has 3 N–H and O–H groups in total. The van der Waals surface area contributed by atoms with Gasteiger partial charge in [-0.1, -0.05) is 23.8 Å². The molecule has 3 nitrogen and oxygen atoms in total. The molecule has 0 aromatic heterocycles. The fraction of sp³-hybridized carbons (Fsp3) is 0.235. The minimum Gasteiger partial charge on any atom is -0.368 e. The van der Waals surface area contributed by atoms with Crippen LogP contribution in [0.1, 0.15) is 23.6 Å². The molecule has 2 aromatic rings. The number of carbonyl (C=O) groups is 1. The summed E-state index contributed by atoms with van der Waals surface area (Å²) in [6, 6.07) is 11.7. The lowest BCUT2D eigenvalue weighted by Gasteiger charge is -2.30. The molecule has 0 bridgehead atoms. The van der Waals surface area contributed by atoms with Crippen molar-refractivity contribution in [3.05, 3.63) is 65.0 Å². The van der Waals surface area contributed by atoms with Crippen molar-refractivity contribution in [3.63, 3.8) is 0 Å². The molecular formula is C17H19FN2O. The number of primary amides is 1. The smallest absolute Gasteiger partial charge is 0.247 e. The first-order valence-electron chi connectivity index (χ1n) is 6.74. The molecule has 0 aliphatic carbocycles. The van der Waals surface area contributed by atoms with Crippen molar-refractivity contribution in [1.29, 1.82) is 0 Å². The van der Waals surface area contributed by atoms with Crippen molar-refractivity contribution in [3.8, 4) is 0 Å². The zero-order valence-corrected chi connectivity index (χ0v) is 12.4. The maximum atomic E-state index is 13.0. The van der Waals surface area contributed by atoms with E-state index in [1.807, 2.05) is 32.0 Å². The van der Waals surface area contributed by atoms with Crippen molar-refractivity contribution >= 4 is 11.6 Å². The third-order valence-electron chi connectivity index (χ3n) is 3.65. The second-order valence-electron chi connectivity index (χ2n) is 5.44. The first-order chi connectivity index (χ1) is 9.83. The van der Waals surface area contributed by atoms with Crippen molar-refractivity contribution in [2.24, 2.45) is 5.73 Å². The largest absolute Gasteiger partial charge is 0.368 e. The van der Waals surface area contributed by atoms with Gasteiger partial charge in [0.15, 0.2) is 0 Å². The van der Waals surface area contributed by atoms with Crippen LogP contribution in [-0.2, 0) is 10.3 Å². The summed E-state index contributed by atoms with van der Waals surface area (Å²) in [7, 11) is 0. The lowest BCUT2D eigenvalue weighted by atomic mass is 9.86. The van der Waals surface area contributed by atoms with Gasteiger partial charge in [-0.05, 0) is 56.2 Å². The fourth-order valence-electron chi connectivity index (χ4n) is 2.46. The van der Waals surface area contributed by atoms with Crippen molar-refractivity contribution in [1.82, 2.24) is 0 Å². The fourth-order valence-corrected chi connectivity index (χ4v) is 2.46. The standard InChI is InChI=1S/C17H19FN2O/c1-11-4-9-15(12(2)10-11)17(3,16(19)21)20-14-7-5-13(18)6-8-14/h4-10,20H,1-3H3,(H2,19,21). The van der Waals surface area contributed by atoms with E-state index in [1.165, 1.54) is 12.1 Å². The molecule has 2 aromatic carbocycles. The Kier molecular flexibility index (Phi) is 3.98. The number of carbonyl (C=O) groups excluding carboxylic acids is 1. The van der Waals surface area contributed by atoms with E-state index in [1.54, 1.807) is 19.1 Å². The van der Waals surface area contributed by atoms with Gasteiger partial charge in [0.05, 0.1) is 0 Å². The second kappa shape index (κ2) is 5.56. The van der Waals surface area contributed by atoms with E-state index in [0.717, 1.165) is 16.7 Å². The Morgan fingerprint density at radius 2 is 1.76 bits per heavy atom. The van der Waals surface area contributed by atoms with E-state index in [9.17, 15) is 9.18 Å². The summed E-state index contributed by atoms with van der Waals surface area (Å²) >= 11 is 0. The predicted octanol–water partition coefficient (Wildman–Crippen LogP) is 3.26. The van der Waals surface area contributed by atoms with E-state index < -0.39 is 11.4 Å². The van der Waals surface area contributed by atoms with Crippen LogP contribution in [0.3, 0.4) is 0 Å². The molecule has 4 heteroatoms. The number of amides is 1. The molecule has 2 rings (SSSR count). The molecule has 0 heterocycles. The van der Waals surface area contributed by atoms with E-state index in [4.69, 9.17) is 5.73 Å². The van der Waals surface area contributed by atoms with Crippen LogP contribution in [0.2, 0.25) is 0 Å². The van der Waals surface area contributed by atoms with E-state index in [2.05, 4.69) is 5.32 Å². The highest BCUT2D eigenvalue weighted by atomic mass is 19.1. The van der Waals surface area contributed by atoms with Gasteiger partial charge in [-0.15, -0.1) is 0 Å². The average molecular weight is 286 g/mol. The van der Waals surface area contributed by atoms with Crippen LogP contribution in [0, 0.1) is 19.7 Å². The quantitative estimate of drug-likeness (QED) is 0.906. The number of nitrogens with one attached hydrogen (secondary N) is 1. The van der Waals surface area contributed by atoms with Gasteiger partial charge in [-0.2, -0.15) is 0 Å². The summed E-state index contributed by atoms with van der Waals surface area (Å²) in [6.45, 7) is 5.66. The van der Waals surface area contributed by atoms with Gasteiger partial charge in [-0.25, -0.2) is 4.39 Å². The van der Waals surface area contributed by atoms with Gasteiger partial charge < -0.3 is 11.1 Å². The van der Waals surface area contributed by atoms with Crippen LogP contribution >= 0.6 is 0 Å². The van der Waals surface area contributed by atoms with Gasteiger partial charge in [0.25, 0.3) is 0 Å². The van der Waals surface area contributed by atoms with Crippen molar-refractivity contribution in [2.75, 3.05) is 5.32 Å². The Bertz CT molecular complexity index is 667. The molecule has 1 amide bonds. The Balaban J connectivity index is 2.45. The van der Waals surface area contributed by atoms with Gasteiger partial charge in [0, 0.05) is 5.69 Å². The van der Waals surface area contributed by atoms with E-state index in [-0.39, 0.29) is 5.82 Å². The van der Waals surface area contributed by atoms with Crippen LogP contribution in [0.5, 0.6) is 0 Å². The topological polar surface area (TPSA) is 55.1 Å². The number of nitrogens with two attached hydrogens (primary N) is 1. The molecule has 0 aliphatic rings. The Morgan fingerprint density at radius 3 is 2.29 bits per heavy atom.